The normalized spacial score (nSPS) is 23.6. The van der Waals surface area contributed by atoms with Crippen LogP contribution in [0.3, 0.4) is 0 Å². The van der Waals surface area contributed by atoms with Crippen molar-refractivity contribution in [2.24, 2.45) is 0 Å². The molecule has 1 amide bonds. The number of rotatable bonds is 3. The fraction of sp³-hybridized carbons (Fsp3) is 0.583. The monoisotopic (exact) mass is 284 g/mol. The van der Waals surface area contributed by atoms with E-state index in [1.54, 1.807) is 0 Å². The van der Waals surface area contributed by atoms with Gasteiger partial charge in [0.25, 0.3) is 5.91 Å². The summed E-state index contributed by atoms with van der Waals surface area (Å²) in [5.74, 6) is -1.56. The van der Waals surface area contributed by atoms with Crippen LogP contribution in [-0.4, -0.2) is 39.2 Å². The number of aromatic carboxylic acids is 1. The summed E-state index contributed by atoms with van der Waals surface area (Å²) in [7, 11) is 0. The Hall–Kier alpha value is -1.47. The molecule has 1 saturated carbocycles. The van der Waals surface area contributed by atoms with Crippen LogP contribution >= 0.6 is 11.3 Å². The van der Waals surface area contributed by atoms with E-state index in [-0.39, 0.29) is 16.7 Å². The van der Waals surface area contributed by atoms with Gasteiger partial charge in [-0.2, -0.15) is 0 Å². The van der Waals surface area contributed by atoms with Crippen LogP contribution in [0.1, 0.15) is 52.4 Å². The van der Waals surface area contributed by atoms with Gasteiger partial charge in [-0.25, -0.2) is 9.78 Å². The van der Waals surface area contributed by atoms with Crippen molar-refractivity contribution in [3.05, 3.63) is 16.1 Å². The fourth-order valence-electron chi connectivity index (χ4n) is 2.16. The van der Waals surface area contributed by atoms with E-state index in [9.17, 15) is 14.7 Å². The zero-order valence-electron chi connectivity index (χ0n) is 10.3. The highest BCUT2D eigenvalue weighted by Crippen LogP contribution is 2.19. The number of aromatic nitrogens is 1. The number of carbonyl (C=O) groups excluding carboxylic acids is 1. The molecule has 19 heavy (non-hydrogen) atoms. The molecule has 0 saturated heterocycles. The van der Waals surface area contributed by atoms with Crippen LogP contribution in [0.5, 0.6) is 0 Å². The van der Waals surface area contributed by atoms with Gasteiger partial charge < -0.3 is 15.5 Å². The summed E-state index contributed by atoms with van der Waals surface area (Å²) in [6.45, 7) is 0. The molecule has 2 rings (SSSR count). The maximum Gasteiger partial charge on any atom is 0.355 e. The lowest BCUT2D eigenvalue weighted by Crippen LogP contribution is -2.42. The number of hydrogen-bond donors (Lipinski definition) is 3. The second-order valence-electron chi connectivity index (χ2n) is 4.63. The van der Waals surface area contributed by atoms with Gasteiger partial charge in [0.2, 0.25) is 0 Å². The van der Waals surface area contributed by atoms with Crippen molar-refractivity contribution in [3.63, 3.8) is 0 Å². The third kappa shape index (κ3) is 3.51. The van der Waals surface area contributed by atoms with Crippen molar-refractivity contribution in [1.29, 1.82) is 0 Å². The lowest BCUT2D eigenvalue weighted by Gasteiger charge is -2.20. The van der Waals surface area contributed by atoms with Crippen LogP contribution in [0.4, 0.5) is 0 Å². The predicted octanol–water partition coefficient (Wildman–Crippen LogP) is 1.26. The van der Waals surface area contributed by atoms with Gasteiger partial charge in [0.15, 0.2) is 10.7 Å². The number of aliphatic hydroxyl groups excluding tert-OH is 1. The molecule has 0 aliphatic heterocycles. The van der Waals surface area contributed by atoms with Crippen molar-refractivity contribution in [2.45, 2.75) is 44.2 Å². The molecule has 0 bridgehead atoms. The summed E-state index contributed by atoms with van der Waals surface area (Å²) >= 11 is 0.995. The van der Waals surface area contributed by atoms with Crippen LogP contribution in [0, 0.1) is 0 Å². The topological polar surface area (TPSA) is 99.5 Å². The maximum absolute atomic E-state index is 11.9. The minimum absolute atomic E-state index is 0.119. The van der Waals surface area contributed by atoms with Crippen LogP contribution in [0.15, 0.2) is 5.38 Å². The zero-order chi connectivity index (χ0) is 13.8. The molecule has 3 N–H and O–H groups in total. The van der Waals surface area contributed by atoms with Crippen LogP contribution in [0.25, 0.3) is 0 Å². The van der Waals surface area contributed by atoms with Crippen molar-refractivity contribution in [2.75, 3.05) is 0 Å². The summed E-state index contributed by atoms with van der Waals surface area (Å²) < 4.78 is 0. The standard InChI is InChI=1S/C12H16N2O4S/c15-9-5-3-1-2-4-7(9)13-10(16)11-14-8(6-19-11)12(17)18/h6-7,9,15H,1-5H2,(H,13,16)(H,17,18). The molecule has 0 radical (unpaired) electrons. The van der Waals surface area contributed by atoms with Crippen molar-refractivity contribution >= 4 is 23.2 Å². The second kappa shape index (κ2) is 6.12. The van der Waals surface area contributed by atoms with E-state index in [1.807, 2.05) is 0 Å². The first-order valence-electron chi connectivity index (χ1n) is 6.25. The summed E-state index contributed by atoms with van der Waals surface area (Å²) in [6, 6.07) is -0.271. The van der Waals surface area contributed by atoms with Crippen LogP contribution in [-0.2, 0) is 0 Å². The zero-order valence-corrected chi connectivity index (χ0v) is 11.2. The van der Waals surface area contributed by atoms with E-state index >= 15 is 0 Å². The number of hydrogen-bond acceptors (Lipinski definition) is 5. The number of thiazole rings is 1. The largest absolute Gasteiger partial charge is 0.476 e. The van der Waals surface area contributed by atoms with E-state index in [4.69, 9.17) is 5.11 Å². The molecular weight excluding hydrogens is 268 g/mol. The van der Waals surface area contributed by atoms with Gasteiger partial charge in [0.1, 0.15) is 0 Å². The quantitative estimate of drug-likeness (QED) is 0.726. The van der Waals surface area contributed by atoms with Crippen molar-refractivity contribution in [1.82, 2.24) is 10.3 Å². The van der Waals surface area contributed by atoms with Gasteiger partial charge in [0, 0.05) is 5.38 Å². The number of amides is 1. The number of carboxylic acid groups (broad SMARTS) is 1. The number of nitrogens with zero attached hydrogens (tertiary/aromatic N) is 1. The highest BCUT2D eigenvalue weighted by Gasteiger charge is 2.25. The Morgan fingerprint density at radius 2 is 2.05 bits per heavy atom. The minimum atomic E-state index is -1.15. The van der Waals surface area contributed by atoms with Gasteiger partial charge in [-0.15, -0.1) is 11.3 Å². The van der Waals surface area contributed by atoms with E-state index in [1.165, 1.54) is 5.38 Å². The average Bonchev–Trinajstić information content (AvgIpc) is 2.78. The first kappa shape index (κ1) is 14.0. The molecule has 1 aromatic heterocycles. The second-order valence-corrected chi connectivity index (χ2v) is 5.49. The third-order valence-corrected chi connectivity index (χ3v) is 4.05. The molecule has 1 aliphatic rings. The number of nitrogens with one attached hydrogen (secondary N) is 1. The molecule has 1 heterocycles. The van der Waals surface area contributed by atoms with Gasteiger partial charge >= 0.3 is 5.97 Å². The van der Waals surface area contributed by atoms with Crippen LogP contribution < -0.4 is 5.32 Å². The van der Waals surface area contributed by atoms with E-state index in [0.29, 0.717) is 6.42 Å². The molecular formula is C12H16N2O4S. The molecule has 6 nitrogen and oxygen atoms in total. The van der Waals surface area contributed by atoms with Gasteiger partial charge in [-0.1, -0.05) is 19.3 Å². The highest BCUT2D eigenvalue weighted by atomic mass is 32.1. The Balaban J connectivity index is 2.00. The lowest BCUT2D eigenvalue weighted by atomic mass is 10.1. The first-order chi connectivity index (χ1) is 9.08. The average molecular weight is 284 g/mol. The first-order valence-corrected chi connectivity index (χ1v) is 7.13. The number of carbonyl (C=O) groups is 2. The molecule has 104 valence electrons. The Morgan fingerprint density at radius 1 is 1.32 bits per heavy atom. The molecule has 2 unspecified atom stereocenters. The van der Waals surface area contributed by atoms with E-state index in [2.05, 4.69) is 10.3 Å². The van der Waals surface area contributed by atoms with Crippen molar-refractivity contribution in [3.8, 4) is 0 Å². The SMILES string of the molecule is O=C(O)c1csc(C(=O)NC2CCCCCC2O)n1. The van der Waals surface area contributed by atoms with E-state index < -0.39 is 18.0 Å². The Morgan fingerprint density at radius 3 is 2.74 bits per heavy atom. The minimum Gasteiger partial charge on any atom is -0.476 e. The molecule has 2 atom stereocenters. The smallest absolute Gasteiger partial charge is 0.355 e. The van der Waals surface area contributed by atoms with Crippen LogP contribution in [0.2, 0.25) is 0 Å². The van der Waals surface area contributed by atoms with Gasteiger partial charge in [0.05, 0.1) is 12.1 Å². The summed E-state index contributed by atoms with van der Waals surface area (Å²) in [6.07, 6.45) is 3.89. The summed E-state index contributed by atoms with van der Waals surface area (Å²) in [4.78, 5) is 26.4. The van der Waals surface area contributed by atoms with Gasteiger partial charge in [-0.05, 0) is 12.8 Å². The highest BCUT2D eigenvalue weighted by molar-refractivity contribution is 7.11. The third-order valence-electron chi connectivity index (χ3n) is 3.21. The van der Waals surface area contributed by atoms with Crippen molar-refractivity contribution < 1.29 is 19.8 Å². The maximum atomic E-state index is 11.9. The Labute approximate surface area is 114 Å². The lowest BCUT2D eigenvalue weighted by molar-refractivity contribution is 0.0691. The number of aliphatic hydroxyl groups is 1. The predicted molar refractivity (Wildman–Crippen MR) is 69.4 cm³/mol. The Bertz CT molecular complexity index is 474. The summed E-state index contributed by atoms with van der Waals surface area (Å²) in [5, 5.41) is 22.9. The molecule has 0 aromatic carbocycles. The summed E-state index contributed by atoms with van der Waals surface area (Å²) in [5.41, 5.74) is -0.128. The van der Waals surface area contributed by atoms with Gasteiger partial charge in [-0.3, -0.25) is 4.79 Å². The fourth-order valence-corrected chi connectivity index (χ4v) is 2.86. The molecule has 1 fully saturated rings. The molecule has 7 heteroatoms. The van der Waals surface area contributed by atoms with E-state index in [0.717, 1.165) is 37.0 Å². The molecule has 1 aliphatic carbocycles. The molecule has 0 spiro atoms. The molecule has 1 aromatic rings. The Kier molecular flexibility index (Phi) is 4.49. The number of carboxylic acids is 1.